The van der Waals surface area contributed by atoms with Crippen molar-refractivity contribution in [2.24, 2.45) is 17.3 Å². The van der Waals surface area contributed by atoms with Crippen molar-refractivity contribution in [2.75, 3.05) is 13.6 Å². The molecule has 112 valence electrons. The molecule has 3 rings (SSSR count). The molecule has 1 aromatic rings. The van der Waals surface area contributed by atoms with Crippen molar-refractivity contribution in [2.45, 2.75) is 58.4 Å². The minimum absolute atomic E-state index is 0.478. The van der Waals surface area contributed by atoms with Crippen molar-refractivity contribution >= 4 is 0 Å². The fraction of sp³-hybridized carbons (Fsp3) is 0.824. The minimum atomic E-state index is 0.478. The first-order chi connectivity index (χ1) is 9.66. The second kappa shape index (κ2) is 5.51. The highest BCUT2D eigenvalue weighted by Gasteiger charge is 2.50. The Kier molecular flexibility index (Phi) is 3.89. The van der Waals surface area contributed by atoms with Gasteiger partial charge in [-0.15, -0.1) is 0 Å². The highest BCUT2D eigenvalue weighted by Crippen LogP contribution is 2.56. The maximum absolute atomic E-state index is 4.84. The Hall–Kier alpha value is -0.830. The lowest BCUT2D eigenvalue weighted by Gasteiger charge is -2.37. The summed E-state index contributed by atoms with van der Waals surface area (Å²) >= 11 is 0. The third kappa shape index (κ3) is 2.41. The van der Waals surface area contributed by atoms with Gasteiger partial charge >= 0.3 is 0 Å². The van der Waals surface area contributed by atoms with Crippen molar-refractivity contribution in [3.63, 3.8) is 0 Å². The van der Waals surface area contributed by atoms with Gasteiger partial charge in [-0.1, -0.05) is 13.3 Å². The molecule has 2 saturated carbocycles. The van der Waals surface area contributed by atoms with E-state index < -0.39 is 0 Å². The molecule has 20 heavy (non-hydrogen) atoms. The fourth-order valence-electron chi connectivity index (χ4n) is 4.67. The normalized spacial score (nSPS) is 33.8. The topological polar surface area (TPSA) is 29.9 Å². The highest BCUT2D eigenvalue weighted by atomic mass is 15.3. The van der Waals surface area contributed by atoms with E-state index in [0.29, 0.717) is 11.5 Å². The molecule has 2 fully saturated rings. The third-order valence-corrected chi connectivity index (χ3v) is 5.87. The predicted molar refractivity (Wildman–Crippen MR) is 82.7 cm³/mol. The molecule has 0 aromatic carbocycles. The van der Waals surface area contributed by atoms with Crippen LogP contribution in [0.3, 0.4) is 0 Å². The number of nitrogens with zero attached hydrogens (tertiary/aromatic N) is 2. The van der Waals surface area contributed by atoms with Crippen LogP contribution in [0.25, 0.3) is 0 Å². The molecular formula is C17H29N3. The molecule has 0 saturated heterocycles. The Bertz CT molecular complexity index is 453. The van der Waals surface area contributed by atoms with Gasteiger partial charge in [0, 0.05) is 18.8 Å². The Morgan fingerprint density at radius 1 is 1.50 bits per heavy atom. The zero-order valence-electron chi connectivity index (χ0n) is 13.2. The number of fused-ring (bicyclic) bond motifs is 2. The standard InChI is InChI=1S/C17H29N3/c1-4-13(2)20-8-7-16(19-20)11-17(12-18-3)10-14-5-6-15(17)9-14/h7-8,13-15,18H,4-6,9-12H2,1-3H3. The number of aromatic nitrogens is 2. The van der Waals surface area contributed by atoms with E-state index in [0.717, 1.165) is 24.8 Å². The summed E-state index contributed by atoms with van der Waals surface area (Å²) in [7, 11) is 2.10. The van der Waals surface area contributed by atoms with E-state index in [4.69, 9.17) is 5.10 Å². The summed E-state index contributed by atoms with van der Waals surface area (Å²) in [4.78, 5) is 0. The Labute approximate surface area is 123 Å². The average Bonchev–Trinajstić information content (AvgIpc) is 3.13. The molecule has 0 aliphatic heterocycles. The van der Waals surface area contributed by atoms with Crippen LogP contribution in [0.2, 0.25) is 0 Å². The first-order valence-corrected chi connectivity index (χ1v) is 8.35. The van der Waals surface area contributed by atoms with Crippen molar-refractivity contribution in [1.82, 2.24) is 15.1 Å². The third-order valence-electron chi connectivity index (χ3n) is 5.87. The van der Waals surface area contributed by atoms with Crippen molar-refractivity contribution in [3.05, 3.63) is 18.0 Å². The molecule has 4 atom stereocenters. The summed E-state index contributed by atoms with van der Waals surface area (Å²) in [6, 6.07) is 2.76. The van der Waals surface area contributed by atoms with Crippen molar-refractivity contribution < 1.29 is 0 Å². The van der Waals surface area contributed by atoms with Gasteiger partial charge in [-0.05, 0) is 69.4 Å². The second-order valence-electron chi connectivity index (χ2n) is 7.19. The molecule has 3 heteroatoms. The van der Waals surface area contributed by atoms with E-state index in [2.05, 4.69) is 43.2 Å². The number of hydrogen-bond donors (Lipinski definition) is 1. The number of hydrogen-bond acceptors (Lipinski definition) is 2. The lowest BCUT2D eigenvalue weighted by molar-refractivity contribution is 0.158. The number of nitrogens with one attached hydrogen (secondary N) is 1. The van der Waals surface area contributed by atoms with Gasteiger partial charge in [-0.3, -0.25) is 4.68 Å². The van der Waals surface area contributed by atoms with Gasteiger partial charge in [0.05, 0.1) is 5.69 Å². The Morgan fingerprint density at radius 2 is 2.35 bits per heavy atom. The maximum atomic E-state index is 4.84. The summed E-state index contributed by atoms with van der Waals surface area (Å²) in [5.74, 6) is 1.92. The van der Waals surface area contributed by atoms with Crippen LogP contribution in [0.1, 0.15) is 57.7 Å². The first kappa shape index (κ1) is 14.1. The summed E-state index contributed by atoms with van der Waals surface area (Å²) in [6.45, 7) is 5.63. The molecule has 0 spiro atoms. The molecule has 2 aliphatic carbocycles. The van der Waals surface area contributed by atoms with Crippen LogP contribution in [0.4, 0.5) is 0 Å². The van der Waals surface area contributed by atoms with E-state index >= 15 is 0 Å². The summed E-state index contributed by atoms with van der Waals surface area (Å²) < 4.78 is 2.15. The lowest BCUT2D eigenvalue weighted by Crippen LogP contribution is -2.39. The molecule has 2 aliphatic rings. The van der Waals surface area contributed by atoms with Crippen LogP contribution in [0.5, 0.6) is 0 Å². The SMILES string of the molecule is CCC(C)n1ccc(CC2(CNC)CC3CCC2C3)n1. The summed E-state index contributed by atoms with van der Waals surface area (Å²) in [6.07, 6.45) is 10.3. The molecule has 2 bridgehead atoms. The molecule has 0 amide bonds. The molecule has 3 nitrogen and oxygen atoms in total. The van der Waals surface area contributed by atoms with E-state index in [9.17, 15) is 0 Å². The van der Waals surface area contributed by atoms with E-state index in [1.54, 1.807) is 0 Å². The quantitative estimate of drug-likeness (QED) is 0.862. The van der Waals surface area contributed by atoms with Gasteiger partial charge in [0.15, 0.2) is 0 Å². The minimum Gasteiger partial charge on any atom is -0.319 e. The molecule has 1 N–H and O–H groups in total. The van der Waals surface area contributed by atoms with Crippen LogP contribution in [-0.4, -0.2) is 23.4 Å². The van der Waals surface area contributed by atoms with Gasteiger partial charge in [0.2, 0.25) is 0 Å². The van der Waals surface area contributed by atoms with Gasteiger partial charge < -0.3 is 5.32 Å². The van der Waals surface area contributed by atoms with Gasteiger partial charge in [-0.25, -0.2) is 0 Å². The van der Waals surface area contributed by atoms with E-state index in [-0.39, 0.29) is 0 Å². The first-order valence-electron chi connectivity index (χ1n) is 8.35. The van der Waals surface area contributed by atoms with Crippen molar-refractivity contribution in [3.8, 4) is 0 Å². The summed E-state index contributed by atoms with van der Waals surface area (Å²) in [5, 5.41) is 8.31. The van der Waals surface area contributed by atoms with E-state index in [1.165, 1.54) is 37.8 Å². The monoisotopic (exact) mass is 275 g/mol. The van der Waals surface area contributed by atoms with Crippen LogP contribution in [0, 0.1) is 17.3 Å². The highest BCUT2D eigenvalue weighted by molar-refractivity contribution is 5.10. The maximum Gasteiger partial charge on any atom is 0.0630 e. The zero-order valence-corrected chi connectivity index (χ0v) is 13.2. The van der Waals surface area contributed by atoms with Crippen LogP contribution >= 0.6 is 0 Å². The molecule has 4 unspecified atom stereocenters. The van der Waals surface area contributed by atoms with Gasteiger partial charge in [-0.2, -0.15) is 5.10 Å². The van der Waals surface area contributed by atoms with Gasteiger partial charge in [0.1, 0.15) is 0 Å². The van der Waals surface area contributed by atoms with Crippen LogP contribution in [-0.2, 0) is 6.42 Å². The Balaban J connectivity index is 1.75. The van der Waals surface area contributed by atoms with Crippen molar-refractivity contribution in [1.29, 1.82) is 0 Å². The number of rotatable bonds is 6. The average molecular weight is 275 g/mol. The fourth-order valence-corrected chi connectivity index (χ4v) is 4.67. The smallest absolute Gasteiger partial charge is 0.0630 e. The molecular weight excluding hydrogens is 246 g/mol. The molecule has 1 aromatic heterocycles. The largest absolute Gasteiger partial charge is 0.319 e. The van der Waals surface area contributed by atoms with Gasteiger partial charge in [0.25, 0.3) is 0 Å². The lowest BCUT2D eigenvalue weighted by atomic mass is 9.70. The Morgan fingerprint density at radius 3 is 2.95 bits per heavy atom. The van der Waals surface area contributed by atoms with Crippen LogP contribution < -0.4 is 5.32 Å². The zero-order chi connectivity index (χ0) is 14.2. The molecule has 1 heterocycles. The van der Waals surface area contributed by atoms with Crippen LogP contribution in [0.15, 0.2) is 12.3 Å². The summed E-state index contributed by atoms with van der Waals surface area (Å²) in [5.41, 5.74) is 1.78. The predicted octanol–water partition coefficient (Wildman–Crippen LogP) is 3.42. The molecule has 0 radical (unpaired) electrons. The second-order valence-corrected chi connectivity index (χ2v) is 7.19. The van der Waals surface area contributed by atoms with E-state index in [1.807, 2.05) is 0 Å².